The van der Waals surface area contributed by atoms with E-state index < -0.39 is 5.97 Å². The Hall–Kier alpha value is -3.52. The lowest BCUT2D eigenvalue weighted by molar-refractivity contribution is -0.126. The zero-order valence-corrected chi connectivity index (χ0v) is 20.7. The number of nitrogens with zero attached hydrogens (tertiary/aromatic N) is 4. The van der Waals surface area contributed by atoms with Crippen molar-refractivity contribution >= 4 is 11.9 Å². The number of likely N-dealkylation sites (tertiary alicyclic amines) is 1. The molecule has 0 aliphatic carbocycles. The average Bonchev–Trinajstić information content (AvgIpc) is 3.49. The van der Waals surface area contributed by atoms with Crippen molar-refractivity contribution in [2.75, 3.05) is 20.2 Å². The largest absolute Gasteiger partial charge is 0.464 e. The van der Waals surface area contributed by atoms with Gasteiger partial charge >= 0.3 is 5.97 Å². The normalized spacial score (nSPS) is 18.5. The Bertz CT molecular complexity index is 1100. The molecule has 2 atom stereocenters. The molecule has 0 bridgehead atoms. The van der Waals surface area contributed by atoms with Crippen molar-refractivity contribution in [3.05, 3.63) is 83.7 Å². The summed E-state index contributed by atoms with van der Waals surface area (Å²) in [5, 5.41) is 11.4. The first-order valence-electron chi connectivity index (χ1n) is 11.9. The van der Waals surface area contributed by atoms with Gasteiger partial charge in [0.1, 0.15) is 0 Å². The predicted molar refractivity (Wildman–Crippen MR) is 133 cm³/mol. The number of methoxy groups -OCH3 is 1. The summed E-state index contributed by atoms with van der Waals surface area (Å²) in [6.07, 6.45) is 2.17. The van der Waals surface area contributed by atoms with E-state index in [2.05, 4.69) is 41.3 Å². The van der Waals surface area contributed by atoms with Gasteiger partial charge in [0.2, 0.25) is 5.91 Å². The van der Waals surface area contributed by atoms with Crippen LogP contribution in [0.4, 0.5) is 0 Å². The van der Waals surface area contributed by atoms with E-state index in [4.69, 9.17) is 4.74 Å². The number of carbonyl (C=O) groups excluding carboxylic acids is 2. The smallest absolute Gasteiger partial charge is 0.360 e. The molecular weight excluding hydrogens is 442 g/mol. The van der Waals surface area contributed by atoms with Gasteiger partial charge in [-0.05, 0) is 23.0 Å². The lowest BCUT2D eigenvalue weighted by Gasteiger charge is -2.31. The van der Waals surface area contributed by atoms with Gasteiger partial charge in [0.25, 0.3) is 0 Å². The molecule has 0 spiro atoms. The molecule has 3 aromatic rings. The van der Waals surface area contributed by atoms with Crippen LogP contribution in [0.15, 0.2) is 66.9 Å². The van der Waals surface area contributed by atoms with Gasteiger partial charge in [0.15, 0.2) is 5.69 Å². The SMILES string of the molecule is COC(=O)c1cn([C@@H]2C[C@@H](C(=O)NC(c3ccccc3)c3ccccc3)N(CC(C)(C)C)C2)nn1. The van der Waals surface area contributed by atoms with Crippen molar-refractivity contribution in [3.63, 3.8) is 0 Å². The molecule has 8 nitrogen and oxygen atoms in total. The summed E-state index contributed by atoms with van der Waals surface area (Å²) in [5.41, 5.74) is 2.23. The second-order valence-corrected chi connectivity index (χ2v) is 10.2. The molecule has 2 heterocycles. The van der Waals surface area contributed by atoms with Crippen LogP contribution in [0.3, 0.4) is 0 Å². The van der Waals surface area contributed by atoms with Crippen molar-refractivity contribution in [2.24, 2.45) is 5.41 Å². The third kappa shape index (κ3) is 5.95. The van der Waals surface area contributed by atoms with Crippen LogP contribution in [-0.4, -0.2) is 58.0 Å². The number of aromatic nitrogens is 3. The first-order valence-corrected chi connectivity index (χ1v) is 11.9. The molecule has 8 heteroatoms. The average molecular weight is 476 g/mol. The monoisotopic (exact) mass is 475 g/mol. The van der Waals surface area contributed by atoms with Crippen LogP contribution in [0.2, 0.25) is 0 Å². The molecule has 0 saturated carbocycles. The number of rotatable bonds is 7. The van der Waals surface area contributed by atoms with Gasteiger partial charge in [-0.25, -0.2) is 9.48 Å². The van der Waals surface area contributed by atoms with Gasteiger partial charge in [-0.2, -0.15) is 0 Å². The van der Waals surface area contributed by atoms with E-state index >= 15 is 0 Å². The minimum atomic E-state index is -0.524. The molecule has 2 aromatic carbocycles. The summed E-state index contributed by atoms with van der Waals surface area (Å²) < 4.78 is 6.44. The highest BCUT2D eigenvalue weighted by molar-refractivity contribution is 5.86. The van der Waals surface area contributed by atoms with Crippen molar-refractivity contribution < 1.29 is 14.3 Å². The molecule has 1 aliphatic heterocycles. The number of amides is 1. The standard InChI is InChI=1S/C27H33N5O3/c1-27(2,3)18-31-16-21(32-17-22(29-30-32)26(34)35-4)15-23(31)25(33)28-24(19-11-7-5-8-12-19)20-13-9-6-10-14-20/h5-14,17,21,23-24H,15-16,18H2,1-4H3,(H,28,33)/t21-,23+/m1/s1. The Kier molecular flexibility index (Phi) is 7.31. The minimum Gasteiger partial charge on any atom is -0.464 e. The third-order valence-electron chi connectivity index (χ3n) is 6.19. The summed E-state index contributed by atoms with van der Waals surface area (Å²) in [6, 6.07) is 19.4. The number of hydrogen-bond acceptors (Lipinski definition) is 6. The quantitative estimate of drug-likeness (QED) is 0.525. The van der Waals surface area contributed by atoms with Gasteiger partial charge in [0, 0.05) is 13.1 Å². The molecule has 0 unspecified atom stereocenters. The van der Waals surface area contributed by atoms with E-state index in [1.807, 2.05) is 60.7 Å². The molecule has 1 aromatic heterocycles. The van der Waals surface area contributed by atoms with Gasteiger partial charge in [-0.1, -0.05) is 86.6 Å². The maximum Gasteiger partial charge on any atom is 0.360 e. The molecule has 1 amide bonds. The summed E-state index contributed by atoms with van der Waals surface area (Å²) in [4.78, 5) is 27.8. The van der Waals surface area contributed by atoms with Crippen molar-refractivity contribution in [1.29, 1.82) is 0 Å². The molecule has 1 N–H and O–H groups in total. The first-order chi connectivity index (χ1) is 16.7. The van der Waals surface area contributed by atoms with Crippen LogP contribution in [0.5, 0.6) is 0 Å². The highest BCUT2D eigenvalue weighted by Gasteiger charge is 2.40. The van der Waals surface area contributed by atoms with Crippen LogP contribution in [-0.2, 0) is 9.53 Å². The van der Waals surface area contributed by atoms with E-state index in [-0.39, 0.29) is 35.1 Å². The second-order valence-electron chi connectivity index (χ2n) is 10.2. The lowest BCUT2D eigenvalue weighted by atomic mass is 9.95. The van der Waals surface area contributed by atoms with Crippen molar-refractivity contribution in [3.8, 4) is 0 Å². The third-order valence-corrected chi connectivity index (χ3v) is 6.19. The summed E-state index contributed by atoms with van der Waals surface area (Å²) in [5.74, 6) is -0.550. The number of ether oxygens (including phenoxy) is 1. The van der Waals surface area contributed by atoms with Crippen molar-refractivity contribution in [1.82, 2.24) is 25.2 Å². The first kappa shape index (κ1) is 24.6. The zero-order valence-electron chi connectivity index (χ0n) is 20.7. The minimum absolute atomic E-state index is 0.00518. The maximum absolute atomic E-state index is 13.8. The van der Waals surface area contributed by atoms with Crippen LogP contribution >= 0.6 is 0 Å². The summed E-state index contributed by atoms with van der Waals surface area (Å²) in [6.45, 7) is 7.88. The molecular formula is C27H33N5O3. The van der Waals surface area contributed by atoms with E-state index in [9.17, 15) is 9.59 Å². The zero-order chi connectivity index (χ0) is 25.0. The predicted octanol–water partition coefficient (Wildman–Crippen LogP) is 3.63. The van der Waals surface area contributed by atoms with Gasteiger partial charge in [-0.3, -0.25) is 9.69 Å². The van der Waals surface area contributed by atoms with E-state index in [1.54, 1.807) is 10.9 Å². The van der Waals surface area contributed by atoms with Crippen LogP contribution < -0.4 is 5.32 Å². The number of benzene rings is 2. The van der Waals surface area contributed by atoms with E-state index in [0.29, 0.717) is 13.0 Å². The van der Waals surface area contributed by atoms with E-state index in [1.165, 1.54) is 7.11 Å². The van der Waals surface area contributed by atoms with Crippen LogP contribution in [0.1, 0.15) is 60.9 Å². The Morgan fingerprint density at radius 3 is 2.20 bits per heavy atom. The van der Waals surface area contributed by atoms with Gasteiger partial charge in [-0.15, -0.1) is 5.10 Å². The topological polar surface area (TPSA) is 89.4 Å². The van der Waals surface area contributed by atoms with Crippen LogP contribution in [0.25, 0.3) is 0 Å². The maximum atomic E-state index is 13.8. The molecule has 0 radical (unpaired) electrons. The van der Waals surface area contributed by atoms with Crippen molar-refractivity contribution in [2.45, 2.75) is 45.3 Å². The Morgan fingerprint density at radius 1 is 1.06 bits per heavy atom. The fraction of sp³-hybridized carbons (Fsp3) is 0.407. The number of hydrogen-bond donors (Lipinski definition) is 1. The van der Waals surface area contributed by atoms with E-state index in [0.717, 1.165) is 17.7 Å². The highest BCUT2D eigenvalue weighted by atomic mass is 16.5. The number of carbonyl (C=O) groups is 2. The molecule has 4 rings (SSSR count). The molecule has 1 aliphatic rings. The number of nitrogens with one attached hydrogen (secondary N) is 1. The fourth-order valence-electron chi connectivity index (χ4n) is 4.67. The van der Waals surface area contributed by atoms with Gasteiger partial charge < -0.3 is 10.1 Å². The molecule has 1 saturated heterocycles. The highest BCUT2D eigenvalue weighted by Crippen LogP contribution is 2.31. The molecule has 184 valence electrons. The molecule has 1 fully saturated rings. The van der Waals surface area contributed by atoms with Crippen LogP contribution in [0, 0.1) is 5.41 Å². The fourth-order valence-corrected chi connectivity index (χ4v) is 4.67. The van der Waals surface area contributed by atoms with Gasteiger partial charge in [0.05, 0.1) is 31.4 Å². The second kappa shape index (κ2) is 10.4. The Morgan fingerprint density at radius 2 is 1.66 bits per heavy atom. The summed E-state index contributed by atoms with van der Waals surface area (Å²) in [7, 11) is 1.32. The Labute approximate surface area is 206 Å². The summed E-state index contributed by atoms with van der Waals surface area (Å²) >= 11 is 0. The molecule has 35 heavy (non-hydrogen) atoms. The lowest BCUT2D eigenvalue weighted by Crippen LogP contribution is -2.47. The Balaban J connectivity index is 1.58. The number of esters is 1.